The molecule has 8 atom stereocenters. The van der Waals surface area contributed by atoms with Crippen molar-refractivity contribution in [3.8, 4) is 0 Å². The van der Waals surface area contributed by atoms with E-state index in [1.54, 1.807) is 19.9 Å². The summed E-state index contributed by atoms with van der Waals surface area (Å²) < 4.78 is 17.5. The molecule has 2 aliphatic carbocycles. The second-order valence-electron chi connectivity index (χ2n) is 8.49. The Kier molecular flexibility index (Phi) is 3.70. The van der Waals surface area contributed by atoms with Crippen LogP contribution in [0.4, 0.5) is 0 Å². The third kappa shape index (κ3) is 2.12. The molecule has 2 aliphatic heterocycles. The molecule has 0 aromatic heterocycles. The van der Waals surface area contributed by atoms with Crippen LogP contribution in [0.15, 0.2) is 23.8 Å². The average molecular weight is 362 g/mol. The number of hydrogen-bond acceptors (Lipinski definition) is 6. The summed E-state index contributed by atoms with van der Waals surface area (Å²) in [5.41, 5.74) is -0.302. The minimum atomic E-state index is -0.752. The van der Waals surface area contributed by atoms with E-state index in [0.717, 1.165) is 0 Å². The van der Waals surface area contributed by atoms with Crippen molar-refractivity contribution < 1.29 is 28.9 Å². The van der Waals surface area contributed by atoms with Gasteiger partial charge in [-0.3, -0.25) is 0 Å². The maximum Gasteiger partial charge on any atom is 0.334 e. The number of carbonyl (C=O) groups excluding carboxylic acids is 2. The van der Waals surface area contributed by atoms with E-state index >= 15 is 0 Å². The minimum absolute atomic E-state index is 0.0597. The Morgan fingerprint density at radius 3 is 2.73 bits per heavy atom. The first-order valence-electron chi connectivity index (χ1n) is 9.24. The topological polar surface area (TPSA) is 85.4 Å². The Balaban J connectivity index is 1.76. The van der Waals surface area contributed by atoms with Gasteiger partial charge in [-0.15, -0.1) is 0 Å². The van der Waals surface area contributed by atoms with Crippen LogP contribution in [0.2, 0.25) is 0 Å². The molecule has 2 unspecified atom stereocenters. The Morgan fingerprint density at radius 2 is 2.08 bits per heavy atom. The van der Waals surface area contributed by atoms with Gasteiger partial charge in [0.05, 0.1) is 17.8 Å². The molecule has 2 heterocycles. The zero-order valence-electron chi connectivity index (χ0n) is 15.7. The second-order valence-corrected chi connectivity index (χ2v) is 8.49. The summed E-state index contributed by atoms with van der Waals surface area (Å²) in [7, 11) is 0. The van der Waals surface area contributed by atoms with E-state index in [0.29, 0.717) is 24.0 Å². The molecule has 1 N–H and O–H groups in total. The lowest BCUT2D eigenvalue weighted by Crippen LogP contribution is -2.65. The summed E-state index contributed by atoms with van der Waals surface area (Å²) in [6, 6.07) is 0. The van der Waals surface area contributed by atoms with Crippen molar-refractivity contribution in [3.05, 3.63) is 23.8 Å². The highest BCUT2D eigenvalue weighted by atomic mass is 16.6. The number of aliphatic hydroxyl groups excluding tert-OH is 1. The lowest BCUT2D eigenvalue weighted by atomic mass is 9.51. The predicted octanol–water partition coefficient (Wildman–Crippen LogP) is 1.91. The number of rotatable bonds is 2. The fourth-order valence-corrected chi connectivity index (χ4v) is 5.41. The number of carbonyl (C=O) groups is 2. The van der Waals surface area contributed by atoms with E-state index in [9.17, 15) is 14.7 Å². The number of allylic oxidation sites excluding steroid dienone is 1. The summed E-state index contributed by atoms with van der Waals surface area (Å²) in [6.07, 6.45) is 0.908. The van der Waals surface area contributed by atoms with Crippen LogP contribution in [0.3, 0.4) is 0 Å². The molecule has 26 heavy (non-hydrogen) atoms. The molecule has 4 aliphatic rings. The van der Waals surface area contributed by atoms with Crippen LogP contribution in [0.25, 0.3) is 0 Å². The van der Waals surface area contributed by atoms with E-state index < -0.39 is 41.3 Å². The van der Waals surface area contributed by atoms with Crippen molar-refractivity contribution in [2.75, 3.05) is 0 Å². The van der Waals surface area contributed by atoms with Gasteiger partial charge in [0.15, 0.2) is 0 Å². The normalized spacial score (nSPS) is 49.7. The number of esters is 2. The van der Waals surface area contributed by atoms with E-state index in [-0.39, 0.29) is 17.9 Å². The molecule has 0 bridgehead atoms. The molecule has 4 fully saturated rings. The van der Waals surface area contributed by atoms with Crippen molar-refractivity contribution >= 4 is 11.9 Å². The Hall–Kier alpha value is -1.66. The molecule has 2 saturated carbocycles. The maximum atomic E-state index is 12.5. The molecule has 6 nitrogen and oxygen atoms in total. The van der Waals surface area contributed by atoms with Gasteiger partial charge in [0.1, 0.15) is 12.2 Å². The quantitative estimate of drug-likeness (QED) is 0.459. The van der Waals surface area contributed by atoms with Crippen LogP contribution in [-0.4, -0.2) is 47.1 Å². The van der Waals surface area contributed by atoms with E-state index in [2.05, 4.69) is 6.58 Å². The standard InChI is InChI=1S/C20H26O6/c1-6-9(2)17(22)24-13-7-11-10(3)18(23)25-15(11)16-19(13,4)12(21)8-14-20(16,5)26-14/h6,11-16,21H,3,7-8H2,1-2,4-5H3/b9-6-/t11?,12-,13+,14+,15-,16+,19?,20+/m0/s1. The van der Waals surface area contributed by atoms with Crippen molar-refractivity contribution in [2.24, 2.45) is 17.3 Å². The third-order valence-electron chi connectivity index (χ3n) is 7.27. The first-order valence-corrected chi connectivity index (χ1v) is 9.24. The number of ether oxygens (including phenoxy) is 3. The number of aliphatic hydroxyl groups is 1. The highest BCUT2D eigenvalue weighted by molar-refractivity contribution is 5.91. The zero-order valence-corrected chi connectivity index (χ0v) is 15.7. The molecular weight excluding hydrogens is 336 g/mol. The highest BCUT2D eigenvalue weighted by Gasteiger charge is 2.76. The Morgan fingerprint density at radius 1 is 1.38 bits per heavy atom. The van der Waals surface area contributed by atoms with Crippen LogP contribution in [-0.2, 0) is 23.8 Å². The summed E-state index contributed by atoms with van der Waals surface area (Å²) in [4.78, 5) is 24.6. The molecule has 0 amide bonds. The fourth-order valence-electron chi connectivity index (χ4n) is 5.41. The SMILES string of the molecule is C=C1C(=O)O[C@H]2C1C[C@@H](OC(=O)/C(C)=C\C)C1(C)[C@@H]2[C@]2(C)O[C@@H]2C[C@@H]1O. The van der Waals surface area contributed by atoms with E-state index in [1.165, 1.54) is 0 Å². The summed E-state index contributed by atoms with van der Waals surface area (Å²) in [5.74, 6) is -1.28. The Bertz CT molecular complexity index is 726. The lowest BCUT2D eigenvalue weighted by Gasteiger charge is -2.55. The largest absolute Gasteiger partial charge is 0.458 e. The number of epoxide rings is 1. The van der Waals surface area contributed by atoms with Crippen LogP contribution in [0, 0.1) is 17.3 Å². The van der Waals surface area contributed by atoms with Gasteiger partial charge in [-0.25, -0.2) is 9.59 Å². The minimum Gasteiger partial charge on any atom is -0.458 e. The van der Waals surface area contributed by atoms with Crippen LogP contribution in [0.1, 0.15) is 40.5 Å². The van der Waals surface area contributed by atoms with Gasteiger partial charge in [-0.05, 0) is 27.2 Å². The maximum absolute atomic E-state index is 12.5. The Labute approximate surface area is 153 Å². The molecule has 0 radical (unpaired) electrons. The molecular formula is C20H26O6. The fraction of sp³-hybridized carbons (Fsp3) is 0.700. The highest BCUT2D eigenvalue weighted by Crippen LogP contribution is 2.66. The molecule has 0 aromatic rings. The van der Waals surface area contributed by atoms with Gasteiger partial charge < -0.3 is 19.3 Å². The summed E-state index contributed by atoms with van der Waals surface area (Å²) in [5, 5.41) is 11.0. The van der Waals surface area contributed by atoms with Gasteiger partial charge in [0.2, 0.25) is 0 Å². The van der Waals surface area contributed by atoms with Crippen molar-refractivity contribution in [3.63, 3.8) is 0 Å². The van der Waals surface area contributed by atoms with E-state index in [4.69, 9.17) is 14.2 Å². The number of hydrogen-bond donors (Lipinski definition) is 1. The molecule has 0 spiro atoms. The molecule has 142 valence electrons. The van der Waals surface area contributed by atoms with Crippen LogP contribution >= 0.6 is 0 Å². The van der Waals surface area contributed by atoms with Gasteiger partial charge >= 0.3 is 11.9 Å². The monoisotopic (exact) mass is 362 g/mol. The van der Waals surface area contributed by atoms with Crippen molar-refractivity contribution in [2.45, 2.75) is 70.6 Å². The predicted molar refractivity (Wildman–Crippen MR) is 91.9 cm³/mol. The van der Waals surface area contributed by atoms with Gasteiger partial charge in [-0.2, -0.15) is 0 Å². The first-order chi connectivity index (χ1) is 12.1. The molecule has 4 rings (SSSR count). The van der Waals surface area contributed by atoms with Crippen LogP contribution in [0.5, 0.6) is 0 Å². The summed E-state index contributed by atoms with van der Waals surface area (Å²) in [6.45, 7) is 11.3. The molecule has 0 aromatic carbocycles. The van der Waals surface area contributed by atoms with Gasteiger partial charge in [0, 0.05) is 34.8 Å². The smallest absolute Gasteiger partial charge is 0.334 e. The van der Waals surface area contributed by atoms with Crippen molar-refractivity contribution in [1.82, 2.24) is 0 Å². The lowest BCUT2D eigenvalue weighted by molar-refractivity contribution is -0.208. The second kappa shape index (κ2) is 5.42. The van der Waals surface area contributed by atoms with Crippen LogP contribution < -0.4 is 0 Å². The molecule has 2 saturated heterocycles. The van der Waals surface area contributed by atoms with E-state index in [1.807, 2.05) is 13.8 Å². The zero-order chi connectivity index (χ0) is 19.0. The average Bonchev–Trinajstić information content (AvgIpc) is 3.17. The summed E-state index contributed by atoms with van der Waals surface area (Å²) >= 11 is 0. The third-order valence-corrected chi connectivity index (χ3v) is 7.27. The molecule has 6 heteroatoms. The first kappa shape index (κ1) is 17.7. The van der Waals surface area contributed by atoms with Gasteiger partial charge in [0.25, 0.3) is 0 Å². The van der Waals surface area contributed by atoms with Crippen molar-refractivity contribution in [1.29, 1.82) is 0 Å². The number of fused-ring (bicyclic) bond motifs is 5. The van der Waals surface area contributed by atoms with Gasteiger partial charge in [-0.1, -0.05) is 19.6 Å².